The van der Waals surface area contributed by atoms with Gasteiger partial charge in [-0.2, -0.15) is 0 Å². The minimum Gasteiger partial charge on any atom is -0.487 e. The highest BCUT2D eigenvalue weighted by Gasteiger charge is 2.34. The monoisotopic (exact) mass is 595 g/mol. The Balaban J connectivity index is 1.31. The predicted octanol–water partition coefficient (Wildman–Crippen LogP) is 4.25. The van der Waals surface area contributed by atoms with E-state index in [1.54, 1.807) is 55.3 Å². The van der Waals surface area contributed by atoms with Crippen molar-refractivity contribution in [2.75, 3.05) is 44.2 Å². The Labute approximate surface area is 251 Å². The molecule has 12 nitrogen and oxygen atoms in total. The third kappa shape index (κ3) is 7.24. The summed E-state index contributed by atoms with van der Waals surface area (Å²) in [7, 11) is 1.68. The fourth-order valence-corrected chi connectivity index (χ4v) is 5.66. The zero-order valence-corrected chi connectivity index (χ0v) is 24.9. The van der Waals surface area contributed by atoms with E-state index in [0.717, 1.165) is 25.7 Å². The van der Waals surface area contributed by atoms with Crippen molar-refractivity contribution in [3.63, 3.8) is 0 Å². The van der Waals surface area contributed by atoms with Gasteiger partial charge >= 0.3 is 12.1 Å². The molecule has 0 unspecified atom stereocenters. The highest BCUT2D eigenvalue weighted by atomic mass is 16.7. The van der Waals surface area contributed by atoms with Crippen molar-refractivity contribution in [3.05, 3.63) is 42.0 Å². The Morgan fingerprint density at radius 1 is 1.02 bits per heavy atom. The fourth-order valence-electron chi connectivity index (χ4n) is 5.66. The summed E-state index contributed by atoms with van der Waals surface area (Å²) in [5.74, 6) is 1.07. The van der Waals surface area contributed by atoms with Crippen molar-refractivity contribution in [3.8, 4) is 17.2 Å². The molecule has 12 heteroatoms. The third-order valence-electron chi connectivity index (χ3n) is 8.29. The van der Waals surface area contributed by atoms with Crippen LogP contribution >= 0.6 is 0 Å². The summed E-state index contributed by atoms with van der Waals surface area (Å²) in [6, 6.07) is 9.22. The van der Waals surface area contributed by atoms with E-state index < -0.39 is 12.1 Å². The van der Waals surface area contributed by atoms with Gasteiger partial charge < -0.3 is 45.1 Å². The first kappa shape index (κ1) is 30.3. The molecule has 0 spiro atoms. The van der Waals surface area contributed by atoms with Crippen LogP contribution in [0.5, 0.6) is 17.2 Å². The topological polar surface area (TPSA) is 142 Å². The lowest BCUT2D eigenvalue weighted by Gasteiger charge is -2.38. The molecule has 43 heavy (non-hydrogen) atoms. The van der Waals surface area contributed by atoms with Crippen LogP contribution in [0.3, 0.4) is 0 Å². The van der Waals surface area contributed by atoms with E-state index >= 15 is 0 Å². The molecule has 1 saturated carbocycles. The molecule has 1 fully saturated rings. The van der Waals surface area contributed by atoms with Gasteiger partial charge in [0.2, 0.25) is 6.79 Å². The standard InChI is InChI=1S/C31H41N5O7/c1-19-15-36(20(2)17-37)29(38)24-13-22(33-30(39)32-21-7-5-4-6-8-21)9-11-25(24)43-28(19)16-35(3)31(40)34-23-10-12-26-27(14-23)42-18-41-26/h9-14,19-21,28,37H,4-8,15-18H2,1-3H3,(H,34,40)(H2,32,33,39)/t19-,20-,28-/m1/s1. The number of carbonyl (C=O) groups excluding carboxylic acids is 3. The summed E-state index contributed by atoms with van der Waals surface area (Å²) in [6.45, 7) is 4.21. The maximum atomic E-state index is 13.7. The minimum atomic E-state index is -0.471. The van der Waals surface area contributed by atoms with Gasteiger partial charge in [0, 0.05) is 43.0 Å². The molecule has 2 aromatic carbocycles. The Hall–Kier alpha value is -4.19. The summed E-state index contributed by atoms with van der Waals surface area (Å²) < 4.78 is 17.1. The number of benzene rings is 2. The van der Waals surface area contributed by atoms with Crippen molar-refractivity contribution in [1.29, 1.82) is 0 Å². The first-order valence-corrected chi connectivity index (χ1v) is 14.9. The largest absolute Gasteiger partial charge is 0.487 e. The maximum absolute atomic E-state index is 13.7. The van der Waals surface area contributed by atoms with Crippen molar-refractivity contribution in [2.45, 2.75) is 64.1 Å². The van der Waals surface area contributed by atoms with E-state index in [1.807, 2.05) is 6.92 Å². The number of amides is 5. The lowest BCUT2D eigenvalue weighted by Crippen LogP contribution is -2.50. The van der Waals surface area contributed by atoms with Gasteiger partial charge in [-0.25, -0.2) is 9.59 Å². The van der Waals surface area contributed by atoms with Crippen molar-refractivity contribution in [2.24, 2.45) is 5.92 Å². The van der Waals surface area contributed by atoms with Gasteiger partial charge in [0.15, 0.2) is 11.5 Å². The van der Waals surface area contributed by atoms with E-state index in [4.69, 9.17) is 14.2 Å². The second-order valence-electron chi connectivity index (χ2n) is 11.6. The number of fused-ring (bicyclic) bond motifs is 2. The summed E-state index contributed by atoms with van der Waals surface area (Å²) in [4.78, 5) is 42.7. The second-order valence-corrected chi connectivity index (χ2v) is 11.6. The van der Waals surface area contributed by atoms with Gasteiger partial charge in [0.1, 0.15) is 11.9 Å². The average Bonchev–Trinajstić information content (AvgIpc) is 3.47. The number of rotatable bonds is 7. The van der Waals surface area contributed by atoms with E-state index in [1.165, 1.54) is 11.3 Å². The molecule has 5 amide bonds. The SMILES string of the molecule is C[C@@H]1CN([C@H](C)CO)C(=O)c2cc(NC(=O)NC3CCCCC3)ccc2O[C@@H]1CN(C)C(=O)Nc1ccc2c(c1)OCO2. The number of likely N-dealkylation sites (N-methyl/N-ethyl adjacent to an activating group) is 1. The molecule has 0 saturated heterocycles. The summed E-state index contributed by atoms with van der Waals surface area (Å²) >= 11 is 0. The van der Waals surface area contributed by atoms with Gasteiger partial charge in [-0.15, -0.1) is 0 Å². The molecule has 0 bridgehead atoms. The number of anilines is 2. The Bertz CT molecular complexity index is 1330. The van der Waals surface area contributed by atoms with Gasteiger partial charge in [-0.3, -0.25) is 4.79 Å². The third-order valence-corrected chi connectivity index (χ3v) is 8.29. The zero-order chi connectivity index (χ0) is 30.5. The number of aliphatic hydroxyl groups is 1. The smallest absolute Gasteiger partial charge is 0.321 e. The van der Waals surface area contributed by atoms with Crippen LogP contribution in [0.4, 0.5) is 21.0 Å². The maximum Gasteiger partial charge on any atom is 0.321 e. The lowest BCUT2D eigenvalue weighted by atomic mass is 9.96. The molecule has 3 aliphatic rings. The molecule has 5 rings (SSSR count). The Morgan fingerprint density at radius 3 is 2.47 bits per heavy atom. The Morgan fingerprint density at radius 2 is 1.72 bits per heavy atom. The zero-order valence-electron chi connectivity index (χ0n) is 24.9. The number of aliphatic hydroxyl groups excluding tert-OH is 1. The number of nitrogens with one attached hydrogen (secondary N) is 3. The van der Waals surface area contributed by atoms with Gasteiger partial charge in [-0.1, -0.05) is 26.2 Å². The molecule has 2 heterocycles. The second kappa shape index (κ2) is 13.4. The lowest BCUT2D eigenvalue weighted by molar-refractivity contribution is 0.0371. The van der Waals surface area contributed by atoms with Crippen LogP contribution in [-0.4, -0.2) is 84.6 Å². The summed E-state index contributed by atoms with van der Waals surface area (Å²) in [5.41, 5.74) is 1.31. The van der Waals surface area contributed by atoms with E-state index in [0.29, 0.717) is 35.2 Å². The van der Waals surface area contributed by atoms with Crippen molar-refractivity contribution < 1.29 is 33.7 Å². The van der Waals surface area contributed by atoms with Crippen LogP contribution < -0.4 is 30.2 Å². The highest BCUT2D eigenvalue weighted by molar-refractivity contribution is 5.99. The predicted molar refractivity (Wildman–Crippen MR) is 161 cm³/mol. The Kier molecular flexibility index (Phi) is 9.44. The number of urea groups is 2. The van der Waals surface area contributed by atoms with E-state index in [9.17, 15) is 19.5 Å². The van der Waals surface area contributed by atoms with Gasteiger partial charge in [-0.05, 0) is 50.1 Å². The molecule has 4 N–H and O–H groups in total. The summed E-state index contributed by atoms with van der Waals surface area (Å²) in [6.07, 6.45) is 4.84. The number of nitrogens with zero attached hydrogens (tertiary/aromatic N) is 2. The highest BCUT2D eigenvalue weighted by Crippen LogP contribution is 2.34. The van der Waals surface area contributed by atoms with E-state index in [-0.39, 0.29) is 55.4 Å². The molecule has 0 aromatic heterocycles. The van der Waals surface area contributed by atoms with Crippen molar-refractivity contribution >= 4 is 29.3 Å². The molecule has 232 valence electrons. The van der Waals surface area contributed by atoms with Crippen LogP contribution in [0.15, 0.2) is 36.4 Å². The number of hydrogen-bond donors (Lipinski definition) is 4. The number of carbonyl (C=O) groups is 3. The number of hydrogen-bond acceptors (Lipinski definition) is 7. The van der Waals surface area contributed by atoms with Crippen LogP contribution in [-0.2, 0) is 0 Å². The van der Waals surface area contributed by atoms with Gasteiger partial charge in [0.25, 0.3) is 5.91 Å². The minimum absolute atomic E-state index is 0.144. The molecule has 2 aromatic rings. The first-order chi connectivity index (χ1) is 20.7. The van der Waals surface area contributed by atoms with Crippen LogP contribution in [0.2, 0.25) is 0 Å². The average molecular weight is 596 g/mol. The van der Waals surface area contributed by atoms with Gasteiger partial charge in [0.05, 0.1) is 24.8 Å². The van der Waals surface area contributed by atoms with Crippen molar-refractivity contribution in [1.82, 2.24) is 15.1 Å². The molecule has 1 aliphatic carbocycles. The molecule has 0 radical (unpaired) electrons. The first-order valence-electron chi connectivity index (χ1n) is 14.9. The molecular formula is C31H41N5O7. The van der Waals surface area contributed by atoms with Crippen LogP contribution in [0, 0.1) is 5.92 Å². The molecule has 2 aliphatic heterocycles. The van der Waals surface area contributed by atoms with Crippen LogP contribution in [0.25, 0.3) is 0 Å². The normalized spacial score (nSPS) is 20.7. The van der Waals surface area contributed by atoms with E-state index in [2.05, 4.69) is 16.0 Å². The summed E-state index contributed by atoms with van der Waals surface area (Å²) in [5, 5.41) is 18.7. The quantitative estimate of drug-likeness (QED) is 0.375. The fraction of sp³-hybridized carbons (Fsp3) is 0.516. The molecule has 3 atom stereocenters. The number of ether oxygens (including phenoxy) is 3. The van der Waals surface area contributed by atoms with Crippen LogP contribution in [0.1, 0.15) is 56.3 Å². The molecular weight excluding hydrogens is 554 g/mol.